The number of hydrogen-bond acceptors (Lipinski definition) is 3. The Hall–Kier alpha value is -2.54. The minimum atomic E-state index is -1.23. The highest BCUT2D eigenvalue weighted by Crippen LogP contribution is 2.34. The highest BCUT2D eigenvalue weighted by Gasteiger charge is 2.40. The SMILES string of the molecule is Cc1ccc(CN2CCC(N3CCC(c4ccc(O)c(F)c4)C(F)C3)C2=O)cc1F. The number of benzene rings is 2. The normalized spacial score (nSPS) is 25.1. The van der Waals surface area contributed by atoms with Crippen LogP contribution < -0.4 is 0 Å². The molecule has 1 amide bonds. The first-order chi connectivity index (χ1) is 14.3. The molecule has 4 nitrogen and oxygen atoms in total. The Morgan fingerprint density at radius 3 is 2.57 bits per heavy atom. The van der Waals surface area contributed by atoms with Gasteiger partial charge in [-0.15, -0.1) is 0 Å². The van der Waals surface area contributed by atoms with E-state index in [1.807, 2.05) is 11.0 Å². The van der Waals surface area contributed by atoms with E-state index < -0.39 is 23.7 Å². The number of carbonyl (C=O) groups excluding carboxylic acids is 1. The van der Waals surface area contributed by atoms with Gasteiger partial charge < -0.3 is 10.0 Å². The number of piperidine rings is 1. The summed E-state index contributed by atoms with van der Waals surface area (Å²) in [5, 5.41) is 9.34. The molecule has 2 fully saturated rings. The summed E-state index contributed by atoms with van der Waals surface area (Å²) < 4.78 is 42.4. The van der Waals surface area contributed by atoms with Crippen LogP contribution in [0.2, 0.25) is 0 Å². The molecule has 0 bridgehead atoms. The van der Waals surface area contributed by atoms with Crippen LogP contribution in [0.1, 0.15) is 35.4 Å². The minimum absolute atomic E-state index is 0.0580. The van der Waals surface area contributed by atoms with E-state index in [4.69, 9.17) is 0 Å². The lowest BCUT2D eigenvalue weighted by Crippen LogP contribution is -2.49. The summed E-state index contributed by atoms with van der Waals surface area (Å²) >= 11 is 0. The van der Waals surface area contributed by atoms with Gasteiger partial charge >= 0.3 is 0 Å². The third-order valence-corrected chi connectivity index (χ3v) is 6.29. The van der Waals surface area contributed by atoms with Crippen molar-refractivity contribution >= 4 is 5.91 Å². The maximum absolute atomic E-state index is 14.9. The van der Waals surface area contributed by atoms with Gasteiger partial charge in [-0.05, 0) is 61.2 Å². The first-order valence-electron chi connectivity index (χ1n) is 10.2. The van der Waals surface area contributed by atoms with Crippen molar-refractivity contribution in [2.24, 2.45) is 0 Å². The van der Waals surface area contributed by atoms with E-state index >= 15 is 0 Å². The molecule has 160 valence electrons. The number of carbonyl (C=O) groups is 1. The molecule has 1 N–H and O–H groups in total. The molecule has 2 aromatic rings. The van der Waals surface area contributed by atoms with E-state index in [1.165, 1.54) is 18.2 Å². The molecule has 2 aliphatic heterocycles. The molecule has 4 rings (SSSR count). The fourth-order valence-electron chi connectivity index (χ4n) is 4.51. The highest BCUT2D eigenvalue weighted by atomic mass is 19.1. The zero-order chi connectivity index (χ0) is 21.4. The molecule has 30 heavy (non-hydrogen) atoms. The number of hydrogen-bond donors (Lipinski definition) is 1. The molecule has 0 aromatic heterocycles. The van der Waals surface area contributed by atoms with Crippen LogP contribution in [-0.4, -0.2) is 52.7 Å². The first-order valence-corrected chi connectivity index (χ1v) is 10.2. The van der Waals surface area contributed by atoms with Crippen molar-refractivity contribution < 1.29 is 23.1 Å². The second-order valence-corrected chi connectivity index (χ2v) is 8.26. The molecular weight excluding hydrogens is 393 g/mol. The Morgan fingerprint density at radius 2 is 1.87 bits per heavy atom. The number of halogens is 3. The van der Waals surface area contributed by atoms with Gasteiger partial charge in [0, 0.05) is 25.6 Å². The summed E-state index contributed by atoms with van der Waals surface area (Å²) in [5.41, 5.74) is 1.83. The summed E-state index contributed by atoms with van der Waals surface area (Å²) in [4.78, 5) is 16.5. The Labute approximate surface area is 173 Å². The highest BCUT2D eigenvalue weighted by molar-refractivity contribution is 5.84. The smallest absolute Gasteiger partial charge is 0.240 e. The number of nitrogens with zero attached hydrogens (tertiary/aromatic N) is 2. The number of aryl methyl sites for hydroxylation is 1. The van der Waals surface area contributed by atoms with Crippen molar-refractivity contribution in [3.05, 3.63) is 64.7 Å². The molecule has 0 spiro atoms. The lowest BCUT2D eigenvalue weighted by Gasteiger charge is -2.37. The van der Waals surface area contributed by atoms with E-state index in [9.17, 15) is 23.1 Å². The van der Waals surface area contributed by atoms with Gasteiger partial charge in [0.15, 0.2) is 11.6 Å². The summed E-state index contributed by atoms with van der Waals surface area (Å²) in [6, 6.07) is 8.58. The van der Waals surface area contributed by atoms with Crippen LogP contribution in [0.3, 0.4) is 0 Å². The van der Waals surface area contributed by atoms with Crippen LogP contribution in [0.25, 0.3) is 0 Å². The summed E-state index contributed by atoms with van der Waals surface area (Å²) in [5.74, 6) is -2.01. The number of phenols is 1. The van der Waals surface area contributed by atoms with E-state index in [2.05, 4.69) is 0 Å². The maximum atomic E-state index is 14.9. The number of likely N-dealkylation sites (tertiary alicyclic amines) is 2. The summed E-state index contributed by atoms with van der Waals surface area (Å²) in [6.45, 7) is 3.24. The lowest BCUT2D eigenvalue weighted by atomic mass is 9.87. The molecule has 2 aliphatic rings. The van der Waals surface area contributed by atoms with Crippen molar-refractivity contribution in [2.75, 3.05) is 19.6 Å². The van der Waals surface area contributed by atoms with Crippen LogP contribution >= 0.6 is 0 Å². The van der Waals surface area contributed by atoms with E-state index in [0.717, 1.165) is 5.56 Å². The standard InChI is InChI=1S/C23H25F3N2O2/c1-14-2-3-15(10-18(14)24)12-28-9-7-21(23(28)30)27-8-6-17(20(26)13-27)16-4-5-22(29)19(25)11-16/h2-5,10-11,17,20-21,29H,6-9,12-13H2,1H3. The predicted octanol–water partition coefficient (Wildman–Crippen LogP) is 3.91. The van der Waals surface area contributed by atoms with Crippen LogP contribution in [0.15, 0.2) is 36.4 Å². The third-order valence-electron chi connectivity index (χ3n) is 6.29. The van der Waals surface area contributed by atoms with Crippen LogP contribution in [0, 0.1) is 18.6 Å². The van der Waals surface area contributed by atoms with Gasteiger partial charge in [0.25, 0.3) is 0 Å². The monoisotopic (exact) mass is 418 g/mol. The van der Waals surface area contributed by atoms with Crippen LogP contribution in [0.5, 0.6) is 5.75 Å². The quantitative estimate of drug-likeness (QED) is 0.819. The molecule has 3 unspecified atom stereocenters. The Kier molecular flexibility index (Phi) is 5.73. The number of amides is 1. The van der Waals surface area contributed by atoms with E-state index in [-0.39, 0.29) is 24.3 Å². The van der Waals surface area contributed by atoms with Crippen molar-refractivity contribution in [2.45, 2.75) is 44.4 Å². The molecule has 2 aromatic carbocycles. The minimum Gasteiger partial charge on any atom is -0.505 e. The molecule has 0 aliphatic carbocycles. The fourth-order valence-corrected chi connectivity index (χ4v) is 4.51. The molecular formula is C23H25F3N2O2. The van der Waals surface area contributed by atoms with Gasteiger partial charge in [-0.3, -0.25) is 9.69 Å². The van der Waals surface area contributed by atoms with Crippen molar-refractivity contribution in [1.29, 1.82) is 0 Å². The van der Waals surface area contributed by atoms with Gasteiger partial charge in [-0.25, -0.2) is 13.2 Å². The molecule has 3 atom stereocenters. The van der Waals surface area contributed by atoms with Crippen molar-refractivity contribution in [3.8, 4) is 5.75 Å². The van der Waals surface area contributed by atoms with Crippen LogP contribution in [0.4, 0.5) is 13.2 Å². The average Bonchev–Trinajstić information content (AvgIpc) is 3.07. The molecule has 2 heterocycles. The summed E-state index contributed by atoms with van der Waals surface area (Å²) in [6.07, 6.45) is -0.146. The molecule has 0 radical (unpaired) electrons. The van der Waals surface area contributed by atoms with Crippen LogP contribution in [-0.2, 0) is 11.3 Å². The molecule has 2 saturated heterocycles. The molecule has 0 saturated carbocycles. The van der Waals surface area contributed by atoms with Gasteiger partial charge in [0.05, 0.1) is 6.04 Å². The largest absolute Gasteiger partial charge is 0.505 e. The Balaban J connectivity index is 1.39. The average molecular weight is 418 g/mol. The zero-order valence-electron chi connectivity index (χ0n) is 16.8. The van der Waals surface area contributed by atoms with Gasteiger partial charge in [0.2, 0.25) is 5.91 Å². The van der Waals surface area contributed by atoms with Gasteiger partial charge in [-0.2, -0.15) is 0 Å². The predicted molar refractivity (Wildman–Crippen MR) is 107 cm³/mol. The molecule has 7 heteroatoms. The van der Waals surface area contributed by atoms with E-state index in [1.54, 1.807) is 24.0 Å². The Bertz CT molecular complexity index is 952. The Morgan fingerprint density at radius 1 is 1.07 bits per heavy atom. The zero-order valence-corrected chi connectivity index (χ0v) is 16.8. The fraction of sp³-hybridized carbons (Fsp3) is 0.435. The second-order valence-electron chi connectivity index (χ2n) is 8.26. The summed E-state index contributed by atoms with van der Waals surface area (Å²) in [7, 11) is 0. The number of alkyl halides is 1. The van der Waals surface area contributed by atoms with Crippen molar-refractivity contribution in [1.82, 2.24) is 9.80 Å². The maximum Gasteiger partial charge on any atom is 0.240 e. The van der Waals surface area contributed by atoms with Gasteiger partial charge in [0.1, 0.15) is 12.0 Å². The van der Waals surface area contributed by atoms with Crippen molar-refractivity contribution in [3.63, 3.8) is 0 Å². The van der Waals surface area contributed by atoms with Gasteiger partial charge in [-0.1, -0.05) is 18.2 Å². The lowest BCUT2D eigenvalue weighted by molar-refractivity contribution is -0.133. The topological polar surface area (TPSA) is 43.8 Å². The third kappa shape index (κ3) is 4.03. The number of phenolic OH excluding ortho intramolecular Hbond substituents is 1. The van der Waals surface area contributed by atoms with E-state index in [0.29, 0.717) is 43.6 Å². The number of rotatable bonds is 4. The second kappa shape index (κ2) is 8.30. The number of aromatic hydroxyl groups is 1. The first kappa shape index (κ1) is 20.7.